The third-order valence-corrected chi connectivity index (χ3v) is 7.82. The summed E-state index contributed by atoms with van der Waals surface area (Å²) in [7, 11) is 0. The second-order valence-electron chi connectivity index (χ2n) is 10.4. The Bertz CT molecular complexity index is 2760. The third kappa shape index (κ3) is 3.83. The smallest absolute Gasteiger partial charge is 0.238 e. The number of hydrogen-bond donors (Lipinski definition) is 0. The zero-order chi connectivity index (χ0) is 34.3. The molecule has 6 aromatic carbocycles. The molecule has 0 saturated carbocycles. The van der Waals surface area contributed by atoms with Gasteiger partial charge in [-0.05, 0) is 29.8 Å². The first-order valence-electron chi connectivity index (χ1n) is 17.1. The number of furan rings is 1. The summed E-state index contributed by atoms with van der Waals surface area (Å²) in [6.45, 7) is 0. The summed E-state index contributed by atoms with van der Waals surface area (Å²) >= 11 is 0. The Hall–Kier alpha value is -6.07. The lowest BCUT2D eigenvalue weighted by molar-refractivity contribution is 0.670. The Morgan fingerprint density at radius 1 is 0.523 bits per heavy atom. The van der Waals surface area contributed by atoms with Gasteiger partial charge in [-0.1, -0.05) is 121 Å². The topological polar surface area (TPSA) is 56.7 Å². The molecular weight excluding hydrogens is 540 g/mol. The Labute approximate surface area is 261 Å². The maximum atomic E-state index is 8.90. The molecule has 44 heavy (non-hydrogen) atoms. The number of rotatable bonds is 4. The Morgan fingerprint density at radius 3 is 1.89 bits per heavy atom. The number of benzene rings is 6. The highest BCUT2D eigenvalue weighted by molar-refractivity contribution is 6.10. The van der Waals surface area contributed by atoms with Crippen LogP contribution in [0.5, 0.6) is 0 Å². The molecule has 0 fully saturated rings. The fraction of sp³-hybridized carbons (Fsp3) is 0. The number of hydrogen-bond acceptors (Lipinski definition) is 4. The van der Waals surface area contributed by atoms with E-state index in [1.165, 1.54) is 16.7 Å². The fourth-order valence-electron chi connectivity index (χ4n) is 5.81. The van der Waals surface area contributed by atoms with Gasteiger partial charge < -0.3 is 4.42 Å². The van der Waals surface area contributed by atoms with E-state index in [1.54, 1.807) is 0 Å². The van der Waals surface area contributed by atoms with Crippen molar-refractivity contribution in [3.63, 3.8) is 0 Å². The van der Waals surface area contributed by atoms with Crippen molar-refractivity contribution >= 4 is 43.7 Å². The molecular formula is C39H24N4O. The highest BCUT2D eigenvalue weighted by Gasteiger charge is 2.19. The van der Waals surface area contributed by atoms with Gasteiger partial charge in [-0.15, -0.1) is 0 Å². The van der Waals surface area contributed by atoms with E-state index in [2.05, 4.69) is 0 Å². The van der Waals surface area contributed by atoms with Crippen LogP contribution >= 0.6 is 0 Å². The van der Waals surface area contributed by atoms with Crippen molar-refractivity contribution in [2.75, 3.05) is 0 Å². The van der Waals surface area contributed by atoms with E-state index in [1.807, 2.05) is 97.1 Å². The lowest BCUT2D eigenvalue weighted by Gasteiger charge is -2.10. The second-order valence-corrected chi connectivity index (χ2v) is 10.4. The molecule has 5 nitrogen and oxygen atoms in total. The Morgan fingerprint density at radius 2 is 1.18 bits per heavy atom. The molecule has 206 valence electrons. The number of fused-ring (bicyclic) bond motifs is 6. The maximum absolute atomic E-state index is 8.90. The van der Waals surface area contributed by atoms with Gasteiger partial charge in [0, 0.05) is 38.2 Å². The molecule has 0 radical (unpaired) electrons. The van der Waals surface area contributed by atoms with E-state index in [0.29, 0.717) is 28.4 Å². The maximum Gasteiger partial charge on any atom is 0.238 e. The molecule has 0 spiro atoms. The predicted octanol–water partition coefficient (Wildman–Crippen LogP) is 9.87. The van der Waals surface area contributed by atoms with Gasteiger partial charge in [0.15, 0.2) is 11.6 Å². The van der Waals surface area contributed by atoms with Crippen molar-refractivity contribution in [1.82, 2.24) is 19.5 Å². The van der Waals surface area contributed by atoms with Crippen LogP contribution in [0.3, 0.4) is 0 Å². The van der Waals surface area contributed by atoms with Gasteiger partial charge in [0.1, 0.15) is 11.2 Å². The summed E-state index contributed by atoms with van der Waals surface area (Å²) in [5.74, 6) is 0.710. The highest BCUT2D eigenvalue weighted by Crippen LogP contribution is 2.38. The Kier molecular flexibility index (Phi) is 4.25. The summed E-state index contributed by atoms with van der Waals surface area (Å²) in [6, 6.07) is 32.8. The van der Waals surface area contributed by atoms with Crippen molar-refractivity contribution in [2.45, 2.75) is 0 Å². The summed E-state index contributed by atoms with van der Waals surface area (Å²) < 4.78 is 60.0. The van der Waals surface area contributed by atoms with Gasteiger partial charge in [-0.3, -0.25) is 4.57 Å². The molecule has 5 heteroatoms. The van der Waals surface area contributed by atoms with Crippen LogP contribution in [0.25, 0.3) is 83.6 Å². The monoisotopic (exact) mass is 570 g/mol. The fourth-order valence-corrected chi connectivity index (χ4v) is 5.81. The third-order valence-electron chi connectivity index (χ3n) is 7.82. The van der Waals surface area contributed by atoms with E-state index in [4.69, 9.17) is 27.6 Å². The van der Waals surface area contributed by atoms with Crippen molar-refractivity contribution in [3.05, 3.63) is 145 Å². The molecule has 0 amide bonds. The van der Waals surface area contributed by atoms with Crippen molar-refractivity contribution < 1.29 is 12.6 Å². The minimum atomic E-state index is -0.207. The SMILES string of the molecule is [2H]c1cc([2H])c2c(c1[2H])c1c([2H])c([2H])cc([2H])c1n2-c1nc(-c2ccccc2)nc(-c2ccc3c(c2)oc2c(-c4ccccc4)cccc23)n1. The molecule has 0 aliphatic carbocycles. The average molecular weight is 571 g/mol. The molecule has 3 heterocycles. The normalized spacial score (nSPS) is 13.5. The van der Waals surface area contributed by atoms with Crippen LogP contribution in [0.2, 0.25) is 0 Å². The van der Waals surface area contributed by atoms with Crippen LogP contribution in [0.1, 0.15) is 8.22 Å². The van der Waals surface area contributed by atoms with Gasteiger partial charge in [-0.2, -0.15) is 9.97 Å². The lowest BCUT2D eigenvalue weighted by atomic mass is 10.0. The molecule has 0 bridgehead atoms. The van der Waals surface area contributed by atoms with E-state index >= 15 is 0 Å². The van der Waals surface area contributed by atoms with Crippen LogP contribution in [0, 0.1) is 0 Å². The van der Waals surface area contributed by atoms with Gasteiger partial charge in [0.2, 0.25) is 5.95 Å². The second kappa shape index (κ2) is 9.75. The molecule has 9 aromatic rings. The number of para-hydroxylation sites is 3. The van der Waals surface area contributed by atoms with Crippen LogP contribution in [0.15, 0.2) is 150 Å². The number of aromatic nitrogens is 4. The molecule has 0 atom stereocenters. The van der Waals surface area contributed by atoms with Crippen molar-refractivity contribution in [2.24, 2.45) is 0 Å². The summed E-state index contributed by atoms with van der Waals surface area (Å²) in [5, 5.41) is 2.17. The van der Waals surface area contributed by atoms with Gasteiger partial charge >= 0.3 is 0 Å². The van der Waals surface area contributed by atoms with Gasteiger partial charge in [-0.25, -0.2) is 4.98 Å². The zero-order valence-electron chi connectivity index (χ0n) is 29.1. The minimum absolute atomic E-state index is 0.0705. The first-order chi connectivity index (χ1) is 24.3. The first kappa shape index (κ1) is 19.2. The molecule has 0 saturated heterocycles. The van der Waals surface area contributed by atoms with Crippen LogP contribution in [-0.2, 0) is 0 Å². The standard InChI is InChI=1S/C39H24N4O/c1-3-12-25(13-4-1)28-18-11-19-32-31-23-22-27(24-35(31)44-36(28)32)38-40-37(26-14-5-2-6-15-26)41-39(42-38)43-33-20-9-7-16-29(33)30-17-8-10-21-34(30)43/h1-24H/i7D,8D,16D,17D,20D,21D. The van der Waals surface area contributed by atoms with E-state index in [9.17, 15) is 0 Å². The van der Waals surface area contributed by atoms with Crippen molar-refractivity contribution in [1.29, 1.82) is 0 Å². The van der Waals surface area contributed by atoms with Crippen LogP contribution in [0.4, 0.5) is 0 Å². The first-order valence-corrected chi connectivity index (χ1v) is 14.1. The predicted molar refractivity (Wildman–Crippen MR) is 178 cm³/mol. The van der Waals surface area contributed by atoms with Crippen LogP contribution in [-0.4, -0.2) is 19.5 Å². The average Bonchev–Trinajstić information content (AvgIpc) is 3.71. The van der Waals surface area contributed by atoms with Crippen LogP contribution < -0.4 is 0 Å². The van der Waals surface area contributed by atoms with Crippen molar-refractivity contribution in [3.8, 4) is 39.9 Å². The van der Waals surface area contributed by atoms with E-state index < -0.39 is 0 Å². The quantitative estimate of drug-likeness (QED) is 0.211. The largest absolute Gasteiger partial charge is 0.455 e. The molecule has 0 aliphatic heterocycles. The lowest BCUT2D eigenvalue weighted by Crippen LogP contribution is -2.06. The molecule has 0 unspecified atom stereocenters. The number of nitrogens with zero attached hydrogens (tertiary/aromatic N) is 4. The molecule has 9 rings (SSSR count). The molecule has 3 aromatic heterocycles. The minimum Gasteiger partial charge on any atom is -0.455 e. The van der Waals surface area contributed by atoms with E-state index in [-0.39, 0.29) is 64.0 Å². The van der Waals surface area contributed by atoms with E-state index in [0.717, 1.165) is 27.5 Å². The zero-order valence-corrected chi connectivity index (χ0v) is 23.1. The van der Waals surface area contributed by atoms with Gasteiger partial charge in [0.05, 0.1) is 19.3 Å². The molecule has 0 aliphatic rings. The summed E-state index contributed by atoms with van der Waals surface area (Å²) in [5.41, 5.74) is 5.12. The molecule has 0 N–H and O–H groups in total. The highest BCUT2D eigenvalue weighted by atomic mass is 16.3. The van der Waals surface area contributed by atoms with Gasteiger partial charge in [0.25, 0.3) is 0 Å². The Balaban J connectivity index is 1.33. The summed E-state index contributed by atoms with van der Waals surface area (Å²) in [4.78, 5) is 14.6. The summed E-state index contributed by atoms with van der Waals surface area (Å²) in [6.07, 6.45) is 0.